The van der Waals surface area contributed by atoms with Crippen LogP contribution in [0.25, 0.3) is 0 Å². The smallest absolute Gasteiger partial charge is 0.228 e. The molecule has 4 heteroatoms. The first-order valence-corrected chi connectivity index (χ1v) is 7.26. The van der Waals surface area contributed by atoms with Gasteiger partial charge in [0.1, 0.15) is 5.75 Å². The summed E-state index contributed by atoms with van der Waals surface area (Å²) in [6.45, 7) is 8.37. The first-order chi connectivity index (χ1) is 9.47. The number of hydrogen-bond donors (Lipinski definition) is 2. The monoisotopic (exact) mass is 278 g/mol. The highest BCUT2D eigenvalue weighted by molar-refractivity contribution is 5.93. The maximum absolute atomic E-state index is 12.1. The number of ether oxygens (including phenoxy) is 1. The highest BCUT2D eigenvalue weighted by Gasteiger charge is 2.16. The Kier molecular flexibility index (Phi) is 6.52. The number of amides is 1. The van der Waals surface area contributed by atoms with Gasteiger partial charge in [0.15, 0.2) is 0 Å². The molecule has 0 saturated heterocycles. The lowest BCUT2D eigenvalue weighted by Gasteiger charge is -2.16. The third-order valence-corrected chi connectivity index (χ3v) is 3.12. The second kappa shape index (κ2) is 7.90. The molecule has 1 atom stereocenters. The molecule has 0 aliphatic heterocycles. The molecule has 0 aromatic heterocycles. The molecule has 3 N–H and O–H groups in total. The van der Waals surface area contributed by atoms with Crippen molar-refractivity contribution >= 4 is 11.6 Å². The topological polar surface area (TPSA) is 64.4 Å². The lowest BCUT2D eigenvalue weighted by molar-refractivity contribution is -0.119. The molecule has 20 heavy (non-hydrogen) atoms. The van der Waals surface area contributed by atoms with Crippen molar-refractivity contribution in [3.8, 4) is 5.75 Å². The number of carbonyl (C=O) groups excluding carboxylic acids is 1. The summed E-state index contributed by atoms with van der Waals surface area (Å²) in [5.74, 6) is 0.695. The fourth-order valence-electron chi connectivity index (χ4n) is 2.06. The number of benzene rings is 1. The third kappa shape index (κ3) is 4.85. The summed E-state index contributed by atoms with van der Waals surface area (Å²) in [4.78, 5) is 12.1. The lowest BCUT2D eigenvalue weighted by Crippen LogP contribution is -2.29. The predicted molar refractivity (Wildman–Crippen MR) is 83.0 cm³/mol. The van der Waals surface area contributed by atoms with Gasteiger partial charge in [-0.2, -0.15) is 0 Å². The van der Waals surface area contributed by atoms with E-state index in [1.807, 2.05) is 39.0 Å². The molecule has 1 amide bonds. The highest BCUT2D eigenvalue weighted by Crippen LogP contribution is 2.23. The van der Waals surface area contributed by atoms with Gasteiger partial charge in [-0.15, -0.1) is 0 Å². The van der Waals surface area contributed by atoms with Crippen molar-refractivity contribution in [3.63, 3.8) is 0 Å². The van der Waals surface area contributed by atoms with Crippen LogP contribution in [-0.2, 0) is 4.79 Å². The van der Waals surface area contributed by atoms with Crippen molar-refractivity contribution in [3.05, 3.63) is 23.8 Å². The molecule has 0 heterocycles. The van der Waals surface area contributed by atoms with E-state index in [1.165, 1.54) is 0 Å². The molecule has 1 rings (SSSR count). The molecular formula is C16H26N2O2. The van der Waals surface area contributed by atoms with Crippen LogP contribution in [0.2, 0.25) is 0 Å². The molecule has 1 unspecified atom stereocenters. The molecule has 0 spiro atoms. The van der Waals surface area contributed by atoms with E-state index in [0.29, 0.717) is 6.54 Å². The lowest BCUT2D eigenvalue weighted by atomic mass is 10.0. The summed E-state index contributed by atoms with van der Waals surface area (Å²) in [7, 11) is 0. The Morgan fingerprint density at radius 2 is 2.10 bits per heavy atom. The summed E-state index contributed by atoms with van der Waals surface area (Å²) in [5, 5.41) is 2.95. The molecular weight excluding hydrogens is 252 g/mol. The molecule has 0 aliphatic rings. The summed E-state index contributed by atoms with van der Waals surface area (Å²) in [6, 6.07) is 5.69. The summed E-state index contributed by atoms with van der Waals surface area (Å²) >= 11 is 0. The molecule has 112 valence electrons. The second-order valence-corrected chi connectivity index (χ2v) is 5.35. The first-order valence-electron chi connectivity index (χ1n) is 7.26. The van der Waals surface area contributed by atoms with Crippen LogP contribution in [0.5, 0.6) is 5.75 Å². The standard InChI is InChI=1S/C16H26N2O2/c1-5-6-13(10-17)16(19)18-15-8-7-14(9-12(15)4)20-11(2)3/h7-9,11,13H,5-6,10,17H2,1-4H3,(H,18,19). The van der Waals surface area contributed by atoms with Crippen molar-refractivity contribution < 1.29 is 9.53 Å². The van der Waals surface area contributed by atoms with E-state index < -0.39 is 0 Å². The number of hydrogen-bond acceptors (Lipinski definition) is 3. The summed E-state index contributed by atoms with van der Waals surface area (Å²) in [6.07, 6.45) is 1.91. The molecule has 1 aromatic carbocycles. The van der Waals surface area contributed by atoms with Gasteiger partial charge in [0, 0.05) is 12.2 Å². The fourth-order valence-corrected chi connectivity index (χ4v) is 2.06. The number of nitrogens with one attached hydrogen (secondary N) is 1. The van der Waals surface area contributed by atoms with E-state index in [1.54, 1.807) is 0 Å². The van der Waals surface area contributed by atoms with E-state index in [0.717, 1.165) is 29.8 Å². The van der Waals surface area contributed by atoms with E-state index in [2.05, 4.69) is 12.2 Å². The van der Waals surface area contributed by atoms with Crippen LogP contribution in [0.15, 0.2) is 18.2 Å². The number of nitrogens with two attached hydrogens (primary N) is 1. The average molecular weight is 278 g/mol. The van der Waals surface area contributed by atoms with Gasteiger partial charge in [-0.1, -0.05) is 13.3 Å². The zero-order chi connectivity index (χ0) is 15.1. The molecule has 1 aromatic rings. The quantitative estimate of drug-likeness (QED) is 0.805. The number of carbonyl (C=O) groups is 1. The van der Waals surface area contributed by atoms with Crippen molar-refractivity contribution in [1.29, 1.82) is 0 Å². The van der Waals surface area contributed by atoms with Gasteiger partial charge in [0.25, 0.3) is 0 Å². The molecule has 0 aliphatic carbocycles. The first kappa shape index (κ1) is 16.5. The van der Waals surface area contributed by atoms with Crippen LogP contribution in [0, 0.1) is 12.8 Å². The zero-order valence-electron chi connectivity index (χ0n) is 12.9. The minimum Gasteiger partial charge on any atom is -0.491 e. The number of aryl methyl sites for hydroxylation is 1. The van der Waals surface area contributed by atoms with Gasteiger partial charge < -0.3 is 15.8 Å². The van der Waals surface area contributed by atoms with E-state index in [9.17, 15) is 4.79 Å². The Hall–Kier alpha value is -1.55. The van der Waals surface area contributed by atoms with E-state index in [4.69, 9.17) is 10.5 Å². The maximum atomic E-state index is 12.1. The van der Waals surface area contributed by atoms with Crippen LogP contribution in [0.3, 0.4) is 0 Å². The highest BCUT2D eigenvalue weighted by atomic mass is 16.5. The second-order valence-electron chi connectivity index (χ2n) is 5.35. The SMILES string of the molecule is CCCC(CN)C(=O)Nc1ccc(OC(C)C)cc1C. The summed E-state index contributed by atoms with van der Waals surface area (Å²) in [5.41, 5.74) is 7.46. The van der Waals surface area contributed by atoms with Crippen LogP contribution in [-0.4, -0.2) is 18.6 Å². The van der Waals surface area contributed by atoms with E-state index >= 15 is 0 Å². The largest absolute Gasteiger partial charge is 0.491 e. The van der Waals surface area contributed by atoms with Gasteiger partial charge in [-0.25, -0.2) is 0 Å². The van der Waals surface area contributed by atoms with Crippen LogP contribution >= 0.6 is 0 Å². The number of rotatable bonds is 7. The molecule has 0 radical (unpaired) electrons. The fraction of sp³-hybridized carbons (Fsp3) is 0.562. The molecule has 0 bridgehead atoms. The maximum Gasteiger partial charge on any atom is 0.228 e. The van der Waals surface area contributed by atoms with Crippen molar-refractivity contribution in [1.82, 2.24) is 0 Å². The average Bonchev–Trinajstić information content (AvgIpc) is 2.38. The minimum atomic E-state index is -0.119. The predicted octanol–water partition coefficient (Wildman–Crippen LogP) is 3.10. The van der Waals surface area contributed by atoms with Gasteiger partial charge in [0.2, 0.25) is 5.91 Å². The van der Waals surface area contributed by atoms with Gasteiger partial charge in [0.05, 0.1) is 12.0 Å². The van der Waals surface area contributed by atoms with Crippen LogP contribution in [0.4, 0.5) is 5.69 Å². The Bertz CT molecular complexity index is 444. The van der Waals surface area contributed by atoms with E-state index in [-0.39, 0.29) is 17.9 Å². The Morgan fingerprint density at radius 3 is 2.60 bits per heavy atom. The van der Waals surface area contributed by atoms with Gasteiger partial charge >= 0.3 is 0 Å². The van der Waals surface area contributed by atoms with Crippen molar-refractivity contribution in [2.45, 2.75) is 46.6 Å². The van der Waals surface area contributed by atoms with Crippen LogP contribution in [0.1, 0.15) is 39.2 Å². The number of anilines is 1. The Balaban J connectivity index is 2.75. The van der Waals surface area contributed by atoms with Crippen LogP contribution < -0.4 is 15.8 Å². The van der Waals surface area contributed by atoms with Gasteiger partial charge in [-0.3, -0.25) is 4.79 Å². The molecule has 0 fully saturated rings. The Morgan fingerprint density at radius 1 is 1.40 bits per heavy atom. The minimum absolute atomic E-state index is 0.00465. The van der Waals surface area contributed by atoms with Crippen molar-refractivity contribution in [2.75, 3.05) is 11.9 Å². The zero-order valence-corrected chi connectivity index (χ0v) is 12.9. The van der Waals surface area contributed by atoms with Crippen molar-refractivity contribution in [2.24, 2.45) is 11.7 Å². The summed E-state index contributed by atoms with van der Waals surface area (Å²) < 4.78 is 5.63. The molecule has 4 nitrogen and oxygen atoms in total. The van der Waals surface area contributed by atoms with Gasteiger partial charge in [-0.05, 0) is 51.0 Å². The normalized spacial score (nSPS) is 12.3. The third-order valence-electron chi connectivity index (χ3n) is 3.12. The molecule has 0 saturated carbocycles. The Labute approximate surface area is 121 Å².